The maximum atomic E-state index is 14.5. The first-order valence-corrected chi connectivity index (χ1v) is 14.7. The number of carbonyl (C=O) groups is 3. The quantitative estimate of drug-likeness (QED) is 0.203. The number of amides is 2. The number of ether oxygens (including phenoxy) is 1. The van der Waals surface area contributed by atoms with Crippen molar-refractivity contribution in [1.82, 2.24) is 4.90 Å². The highest BCUT2D eigenvalue weighted by Gasteiger charge is 2.65. The Morgan fingerprint density at radius 2 is 1.67 bits per heavy atom. The molecule has 1 aromatic heterocycles. The number of aliphatic carboxylic acids is 1. The summed E-state index contributed by atoms with van der Waals surface area (Å²) in [6, 6.07) is 22.6. The summed E-state index contributed by atoms with van der Waals surface area (Å²) in [5.74, 6) is -3.05. The number of carboxylic acids is 1. The third kappa shape index (κ3) is 5.38. The van der Waals surface area contributed by atoms with Crippen molar-refractivity contribution < 1.29 is 24.2 Å². The highest BCUT2D eigenvalue weighted by atomic mass is 35.5. The molecule has 0 spiro atoms. The van der Waals surface area contributed by atoms with Gasteiger partial charge in [0.2, 0.25) is 0 Å². The van der Waals surface area contributed by atoms with Gasteiger partial charge in [-0.15, -0.1) is 11.3 Å². The molecule has 1 aliphatic rings. The monoisotopic (exact) mass is 622 g/mol. The van der Waals surface area contributed by atoms with Crippen LogP contribution in [0, 0.1) is 12.8 Å². The Morgan fingerprint density at radius 3 is 2.29 bits per heavy atom. The van der Waals surface area contributed by atoms with E-state index in [1.54, 1.807) is 78.9 Å². The molecule has 1 saturated heterocycles. The number of aryl methyl sites for hydroxylation is 1. The molecule has 10 heteroatoms. The summed E-state index contributed by atoms with van der Waals surface area (Å²) >= 11 is 13.6. The van der Waals surface area contributed by atoms with Crippen LogP contribution in [0.4, 0.5) is 10.5 Å². The number of rotatable bonds is 7. The maximum absolute atomic E-state index is 14.5. The topological polar surface area (TPSA) is 95.9 Å². The zero-order valence-electron chi connectivity index (χ0n) is 23.0. The standard InChI is InChI=1S/C32H28Cl2N2O5S/c1-18-6-4-8-22(16-18)35-31(40)36-28(19-10-12-21(33)13-11-19)26(29(37)24-14-15-25(34)42-24)27(32(36,2)30(38)39)20-7-5-9-23(17-20)41-3/h4-17,26-28H,1-3H3,(H,35,40)(H,38,39). The minimum atomic E-state index is -1.87. The third-order valence-electron chi connectivity index (χ3n) is 7.79. The number of carbonyl (C=O) groups excluding carboxylic acids is 2. The first-order valence-electron chi connectivity index (χ1n) is 13.1. The van der Waals surface area contributed by atoms with Crippen LogP contribution in [0.3, 0.4) is 0 Å². The lowest BCUT2D eigenvalue weighted by atomic mass is 9.72. The van der Waals surface area contributed by atoms with Crippen molar-refractivity contribution >= 4 is 58.0 Å². The Morgan fingerprint density at radius 1 is 0.952 bits per heavy atom. The number of benzene rings is 3. The molecule has 5 rings (SSSR count). The summed E-state index contributed by atoms with van der Waals surface area (Å²) < 4.78 is 5.88. The van der Waals surface area contributed by atoms with E-state index in [-0.39, 0.29) is 5.78 Å². The summed E-state index contributed by atoms with van der Waals surface area (Å²) in [6.45, 7) is 3.38. The van der Waals surface area contributed by atoms with Crippen LogP contribution >= 0.6 is 34.5 Å². The molecule has 1 fully saturated rings. The number of Topliss-reactive ketones (excluding diaryl/α,β-unsaturated/α-hetero) is 1. The average molecular weight is 624 g/mol. The molecule has 0 saturated carbocycles. The van der Waals surface area contributed by atoms with Crippen molar-refractivity contribution in [3.05, 3.63) is 116 Å². The summed E-state index contributed by atoms with van der Waals surface area (Å²) in [6.07, 6.45) is 0. The van der Waals surface area contributed by atoms with Crippen LogP contribution in [0.1, 0.15) is 45.2 Å². The van der Waals surface area contributed by atoms with E-state index in [0.717, 1.165) is 16.9 Å². The number of anilines is 1. The maximum Gasteiger partial charge on any atom is 0.330 e. The summed E-state index contributed by atoms with van der Waals surface area (Å²) in [5, 5.41) is 14.3. The largest absolute Gasteiger partial charge is 0.497 e. The van der Waals surface area contributed by atoms with Crippen LogP contribution in [-0.4, -0.2) is 40.4 Å². The number of ketones is 1. The van der Waals surface area contributed by atoms with Crippen molar-refractivity contribution in [1.29, 1.82) is 0 Å². The molecule has 4 aromatic rings. The molecule has 2 amide bonds. The number of likely N-dealkylation sites (tertiary alicyclic amines) is 1. The molecule has 3 aromatic carbocycles. The predicted molar refractivity (Wildman–Crippen MR) is 165 cm³/mol. The molecule has 0 aliphatic carbocycles. The molecule has 0 radical (unpaired) electrons. The molecule has 4 unspecified atom stereocenters. The first kappa shape index (κ1) is 29.6. The second kappa shape index (κ2) is 11.8. The SMILES string of the molecule is COc1cccc(C2C(C(=O)c3ccc(Cl)s3)C(c3ccc(Cl)cc3)N(C(=O)Nc3cccc(C)c3)C2(C)C(=O)O)c1. The second-order valence-electron chi connectivity index (χ2n) is 10.4. The number of hydrogen-bond acceptors (Lipinski definition) is 5. The van der Waals surface area contributed by atoms with E-state index in [0.29, 0.717) is 36.8 Å². The van der Waals surface area contributed by atoms with Gasteiger partial charge in [-0.05, 0) is 79.1 Å². The fourth-order valence-corrected chi connectivity index (χ4v) is 7.06. The molecule has 42 heavy (non-hydrogen) atoms. The van der Waals surface area contributed by atoms with Gasteiger partial charge < -0.3 is 15.2 Å². The van der Waals surface area contributed by atoms with Gasteiger partial charge in [-0.2, -0.15) is 0 Å². The fourth-order valence-electron chi connectivity index (χ4n) is 5.90. The number of methoxy groups -OCH3 is 1. The van der Waals surface area contributed by atoms with E-state index in [1.165, 1.54) is 18.9 Å². The van der Waals surface area contributed by atoms with Crippen LogP contribution in [0.15, 0.2) is 84.9 Å². The highest BCUT2D eigenvalue weighted by molar-refractivity contribution is 7.18. The minimum absolute atomic E-state index is 0.321. The van der Waals surface area contributed by atoms with Gasteiger partial charge in [0.05, 0.1) is 28.3 Å². The van der Waals surface area contributed by atoms with Crippen LogP contribution < -0.4 is 10.1 Å². The summed E-state index contributed by atoms with van der Waals surface area (Å²) in [4.78, 5) is 43.8. The van der Waals surface area contributed by atoms with E-state index < -0.39 is 35.4 Å². The molecular formula is C32H28Cl2N2O5S. The summed E-state index contributed by atoms with van der Waals surface area (Å²) in [5.41, 5.74) is 0.663. The van der Waals surface area contributed by atoms with Gasteiger partial charge >= 0.3 is 12.0 Å². The molecule has 7 nitrogen and oxygen atoms in total. The van der Waals surface area contributed by atoms with Crippen molar-refractivity contribution in [2.45, 2.75) is 31.3 Å². The van der Waals surface area contributed by atoms with Crippen LogP contribution in [0.5, 0.6) is 5.75 Å². The number of thiophene rings is 1. The molecule has 1 aliphatic heterocycles. The van der Waals surface area contributed by atoms with Crippen molar-refractivity contribution in [3.63, 3.8) is 0 Å². The zero-order valence-corrected chi connectivity index (χ0v) is 25.3. The van der Waals surface area contributed by atoms with Crippen LogP contribution in [0.2, 0.25) is 9.36 Å². The van der Waals surface area contributed by atoms with Crippen molar-refractivity contribution in [3.8, 4) is 5.75 Å². The Labute approximate surface area is 257 Å². The lowest BCUT2D eigenvalue weighted by Crippen LogP contribution is -2.55. The molecule has 0 bridgehead atoms. The van der Waals surface area contributed by atoms with Gasteiger partial charge in [-0.1, -0.05) is 59.6 Å². The number of carboxylic acid groups (broad SMARTS) is 1. The lowest BCUT2D eigenvalue weighted by Gasteiger charge is -2.37. The van der Waals surface area contributed by atoms with E-state index in [4.69, 9.17) is 27.9 Å². The molecule has 216 valence electrons. The number of nitrogens with zero attached hydrogens (tertiary/aromatic N) is 1. The van der Waals surface area contributed by atoms with E-state index in [1.807, 2.05) is 13.0 Å². The molecule has 2 N–H and O–H groups in total. The number of urea groups is 1. The second-order valence-corrected chi connectivity index (χ2v) is 12.5. The summed E-state index contributed by atoms with van der Waals surface area (Å²) in [7, 11) is 1.51. The van der Waals surface area contributed by atoms with E-state index >= 15 is 0 Å². The third-order valence-corrected chi connectivity index (χ3v) is 9.29. The van der Waals surface area contributed by atoms with Gasteiger partial charge in [0.15, 0.2) is 5.78 Å². The van der Waals surface area contributed by atoms with Crippen molar-refractivity contribution in [2.24, 2.45) is 5.92 Å². The Hall–Kier alpha value is -3.85. The van der Waals surface area contributed by atoms with Crippen LogP contribution in [0.25, 0.3) is 0 Å². The predicted octanol–water partition coefficient (Wildman–Crippen LogP) is 8.09. The smallest absolute Gasteiger partial charge is 0.330 e. The highest BCUT2D eigenvalue weighted by Crippen LogP contribution is 2.57. The first-order chi connectivity index (χ1) is 20.0. The number of halogens is 2. The Bertz CT molecular complexity index is 1660. The minimum Gasteiger partial charge on any atom is -0.497 e. The van der Waals surface area contributed by atoms with Gasteiger partial charge in [0.1, 0.15) is 11.3 Å². The van der Waals surface area contributed by atoms with E-state index in [2.05, 4.69) is 5.32 Å². The lowest BCUT2D eigenvalue weighted by molar-refractivity contribution is -0.148. The fraction of sp³-hybridized carbons (Fsp3) is 0.219. The van der Waals surface area contributed by atoms with Gasteiger partial charge in [-0.25, -0.2) is 9.59 Å². The Kier molecular flexibility index (Phi) is 8.32. The number of hydrogen-bond donors (Lipinski definition) is 2. The zero-order chi connectivity index (χ0) is 30.2. The normalized spacial score (nSPS) is 21.6. The molecular weight excluding hydrogens is 595 g/mol. The van der Waals surface area contributed by atoms with Gasteiger partial charge in [0, 0.05) is 16.6 Å². The Balaban J connectivity index is 1.78. The molecule has 4 atom stereocenters. The van der Waals surface area contributed by atoms with Crippen LogP contribution in [-0.2, 0) is 4.79 Å². The van der Waals surface area contributed by atoms with Crippen molar-refractivity contribution in [2.75, 3.05) is 12.4 Å². The molecule has 2 heterocycles. The van der Waals surface area contributed by atoms with Gasteiger partial charge in [-0.3, -0.25) is 9.69 Å². The van der Waals surface area contributed by atoms with Gasteiger partial charge in [0.25, 0.3) is 0 Å². The van der Waals surface area contributed by atoms with E-state index in [9.17, 15) is 19.5 Å². The number of nitrogens with one attached hydrogen (secondary N) is 1. The average Bonchev–Trinajstić information content (AvgIpc) is 3.52.